The van der Waals surface area contributed by atoms with Crippen LogP contribution in [0.3, 0.4) is 0 Å². The number of ether oxygens (including phenoxy) is 2. The predicted molar refractivity (Wildman–Crippen MR) is 127 cm³/mol. The maximum Gasteiger partial charge on any atom is 0.217 e. The summed E-state index contributed by atoms with van der Waals surface area (Å²) in [7, 11) is 0. The summed E-state index contributed by atoms with van der Waals surface area (Å²) in [5, 5.41) is 11.0. The number of pyridine rings is 1. The van der Waals surface area contributed by atoms with Gasteiger partial charge in [0, 0.05) is 43.7 Å². The number of phenols is 1. The van der Waals surface area contributed by atoms with Crippen LogP contribution in [0.4, 0.5) is 0 Å². The fourth-order valence-corrected chi connectivity index (χ4v) is 5.24. The van der Waals surface area contributed by atoms with E-state index >= 15 is 0 Å². The molecule has 174 valence electrons. The van der Waals surface area contributed by atoms with Crippen LogP contribution < -0.4 is 4.74 Å². The molecule has 4 aromatic rings. The summed E-state index contributed by atoms with van der Waals surface area (Å²) in [6, 6.07) is 26.3. The summed E-state index contributed by atoms with van der Waals surface area (Å²) < 4.78 is 12.4. The number of benzene rings is 3. The molecule has 0 saturated carbocycles. The maximum absolute atomic E-state index is 10.1. The molecule has 2 heterocycles. The van der Waals surface area contributed by atoms with Crippen LogP contribution in [-0.2, 0) is 36.8 Å². The van der Waals surface area contributed by atoms with Gasteiger partial charge in [0.1, 0.15) is 28.8 Å². The van der Waals surface area contributed by atoms with Crippen molar-refractivity contribution in [1.82, 2.24) is 4.98 Å². The molecule has 0 fully saturated rings. The van der Waals surface area contributed by atoms with Crippen LogP contribution in [-0.4, -0.2) is 22.1 Å². The molecule has 34 heavy (non-hydrogen) atoms. The monoisotopic (exact) mass is 630 g/mol. The second-order valence-corrected chi connectivity index (χ2v) is 9.36. The minimum Gasteiger partial charge on any atom is -0.513 e. The summed E-state index contributed by atoms with van der Waals surface area (Å²) in [6.45, 7) is 6.57. The smallest absolute Gasteiger partial charge is 0.217 e. The zero-order valence-electron chi connectivity index (χ0n) is 19.0. The number of fused-ring (bicyclic) bond motifs is 4. The van der Waals surface area contributed by atoms with E-state index < -0.39 is 5.54 Å². The number of phenolic OH excluding ortho intramolecular Hbond substituents is 1. The molecule has 0 saturated heterocycles. The van der Waals surface area contributed by atoms with E-state index in [1.165, 1.54) is 11.1 Å². The number of para-hydroxylation sites is 1. The fourth-order valence-electron chi connectivity index (χ4n) is 5.24. The van der Waals surface area contributed by atoms with E-state index in [9.17, 15) is 5.11 Å². The Labute approximate surface area is 212 Å². The first kappa shape index (κ1) is 22.6. The van der Waals surface area contributed by atoms with E-state index in [1.807, 2.05) is 30.3 Å². The third-order valence-corrected chi connectivity index (χ3v) is 6.78. The van der Waals surface area contributed by atoms with E-state index in [0.29, 0.717) is 23.0 Å². The van der Waals surface area contributed by atoms with E-state index in [0.717, 1.165) is 10.9 Å². The average molecular weight is 631 g/mol. The minimum atomic E-state index is -0.447. The van der Waals surface area contributed by atoms with E-state index in [2.05, 4.69) is 56.1 Å². The molecule has 0 spiro atoms. The Bertz CT molecular complexity index is 1450. The Kier molecular flexibility index (Phi) is 5.29. The van der Waals surface area contributed by atoms with Gasteiger partial charge in [-0.25, -0.2) is 4.98 Å². The van der Waals surface area contributed by atoms with Crippen molar-refractivity contribution < 1.29 is 35.6 Å². The van der Waals surface area contributed by atoms with Gasteiger partial charge in [-0.2, -0.15) is 0 Å². The van der Waals surface area contributed by atoms with Crippen molar-refractivity contribution in [1.29, 1.82) is 0 Å². The molecule has 0 bridgehead atoms. The van der Waals surface area contributed by atoms with Gasteiger partial charge in [0.2, 0.25) is 5.88 Å². The van der Waals surface area contributed by atoms with E-state index in [1.54, 1.807) is 18.2 Å². The zero-order chi connectivity index (χ0) is 22.8. The summed E-state index contributed by atoms with van der Waals surface area (Å²) in [4.78, 5) is 9.49. The normalized spacial score (nSPS) is 21.7. The first-order valence-electron chi connectivity index (χ1n) is 11.0. The molecule has 1 aliphatic heterocycles. The van der Waals surface area contributed by atoms with Gasteiger partial charge in [-0.3, -0.25) is 4.99 Å². The predicted octanol–water partition coefficient (Wildman–Crippen LogP) is 5.88. The first-order chi connectivity index (χ1) is 15.9. The van der Waals surface area contributed by atoms with Gasteiger partial charge in [-0.15, -0.1) is 18.2 Å². The molecule has 6 rings (SSSR count). The summed E-state index contributed by atoms with van der Waals surface area (Å²) in [5.41, 5.74) is 3.12. The van der Waals surface area contributed by atoms with Gasteiger partial charge < -0.3 is 14.6 Å². The number of aliphatic imine (C=N–C) groups is 1. The molecule has 0 amide bonds. The Morgan fingerprint density at radius 1 is 0.912 bits per heavy atom. The van der Waals surface area contributed by atoms with Crippen molar-refractivity contribution >= 4 is 16.8 Å². The van der Waals surface area contributed by atoms with Crippen molar-refractivity contribution in [2.75, 3.05) is 0 Å². The van der Waals surface area contributed by atoms with Gasteiger partial charge in [0.05, 0.1) is 0 Å². The second-order valence-electron chi connectivity index (χ2n) is 9.36. The fraction of sp³-hybridized carbons (Fsp3) is 0.214. The zero-order valence-corrected chi connectivity index (χ0v) is 21.3. The van der Waals surface area contributed by atoms with Gasteiger partial charge >= 0.3 is 0 Å². The topological polar surface area (TPSA) is 63.9 Å². The minimum absolute atomic E-state index is 0. The van der Waals surface area contributed by atoms with Crippen LogP contribution in [0.1, 0.15) is 37.5 Å². The van der Waals surface area contributed by atoms with Gasteiger partial charge in [-0.1, -0.05) is 61.9 Å². The van der Waals surface area contributed by atoms with Crippen molar-refractivity contribution in [3.8, 4) is 17.4 Å². The molecule has 6 heteroatoms. The quantitative estimate of drug-likeness (QED) is 0.287. The molecular weight excluding hydrogens is 607 g/mol. The number of rotatable bonds is 3. The van der Waals surface area contributed by atoms with Gasteiger partial charge in [-0.05, 0) is 30.2 Å². The standard InChI is InChI=1S/C28H23N2O3.Pt/c1-27(2)20-11-4-5-12-21(20)28(3)26(27)33-25(30-28)18-9-6-10-19(16-18)32-23-15-14-17-8-7-13-22(31)24(17)29-23;/h4-15,26,31H,1-3H3;/q-1;/t26-,28+;/m1./s1. The number of aromatic hydroxyl groups is 1. The summed E-state index contributed by atoms with van der Waals surface area (Å²) in [6.07, 6.45) is -0.0968. The van der Waals surface area contributed by atoms with Crippen LogP contribution in [0.15, 0.2) is 77.8 Å². The van der Waals surface area contributed by atoms with E-state index in [4.69, 9.17) is 14.5 Å². The van der Waals surface area contributed by atoms with Crippen LogP contribution in [0.25, 0.3) is 10.9 Å². The maximum atomic E-state index is 10.1. The molecule has 2 aliphatic rings. The Morgan fingerprint density at radius 2 is 1.68 bits per heavy atom. The van der Waals surface area contributed by atoms with Crippen molar-refractivity contribution in [2.45, 2.75) is 37.8 Å². The first-order valence-corrected chi connectivity index (χ1v) is 11.0. The number of nitrogens with zero attached hydrogens (tertiary/aromatic N) is 2. The van der Waals surface area contributed by atoms with Crippen molar-refractivity contribution in [2.24, 2.45) is 4.99 Å². The van der Waals surface area contributed by atoms with Crippen LogP contribution >= 0.6 is 0 Å². The Balaban J connectivity index is 0.00000241. The molecule has 0 radical (unpaired) electrons. The largest absolute Gasteiger partial charge is 0.513 e. The van der Waals surface area contributed by atoms with Crippen LogP contribution in [0.2, 0.25) is 0 Å². The number of hydrogen-bond acceptors (Lipinski definition) is 5. The summed E-state index contributed by atoms with van der Waals surface area (Å²) >= 11 is 0. The molecule has 5 nitrogen and oxygen atoms in total. The molecule has 3 aromatic carbocycles. The molecule has 2 atom stereocenters. The Hall–Kier alpha value is -3.17. The third-order valence-electron chi connectivity index (χ3n) is 6.78. The molecule has 0 unspecified atom stereocenters. The van der Waals surface area contributed by atoms with Crippen molar-refractivity contribution in [3.05, 3.63) is 95.6 Å². The second kappa shape index (κ2) is 7.95. The number of aromatic nitrogens is 1. The number of hydrogen-bond donors (Lipinski definition) is 1. The molecular formula is C28H23N2O3Pt-. The van der Waals surface area contributed by atoms with Crippen LogP contribution in [0.5, 0.6) is 17.4 Å². The Morgan fingerprint density at radius 3 is 2.50 bits per heavy atom. The van der Waals surface area contributed by atoms with Gasteiger partial charge in [0.15, 0.2) is 0 Å². The SMILES string of the molecule is CC1(C)c2ccccc2[C@]2(C)N=C(c3[c-]c(Oc4ccc5cccc(O)c5n4)ccc3)O[C@H]12.[Pt]. The summed E-state index contributed by atoms with van der Waals surface area (Å²) in [5.74, 6) is 1.57. The molecule has 1 N–H and O–H groups in total. The molecule has 1 aliphatic carbocycles. The van der Waals surface area contributed by atoms with E-state index in [-0.39, 0.29) is 38.3 Å². The van der Waals surface area contributed by atoms with Crippen molar-refractivity contribution in [3.63, 3.8) is 0 Å². The molecule has 1 aromatic heterocycles. The van der Waals surface area contributed by atoms with Gasteiger partial charge in [0.25, 0.3) is 0 Å². The average Bonchev–Trinajstić information content (AvgIpc) is 3.26. The third kappa shape index (κ3) is 3.33. The van der Waals surface area contributed by atoms with Crippen LogP contribution in [0, 0.1) is 6.07 Å².